The van der Waals surface area contributed by atoms with E-state index < -0.39 is 0 Å². The van der Waals surface area contributed by atoms with Crippen LogP contribution in [0.2, 0.25) is 0 Å². The molecule has 0 aliphatic heterocycles. The maximum Gasteiger partial charge on any atom is 0.0249 e. The largest absolute Gasteiger partial charge is 0.0689 e. The summed E-state index contributed by atoms with van der Waals surface area (Å²) in [6.07, 6.45) is 13.6. The van der Waals surface area contributed by atoms with Crippen LogP contribution in [-0.4, -0.2) is 0 Å². The second-order valence-corrected chi connectivity index (χ2v) is 7.18. The summed E-state index contributed by atoms with van der Waals surface area (Å²) in [5, 5.41) is 0. The third kappa shape index (κ3) is 8.79. The number of rotatable bonds is 8. The van der Waals surface area contributed by atoms with Gasteiger partial charge in [-0.05, 0) is 73.2 Å². The monoisotopic (exact) mass is 368 g/mol. The Labute approximate surface area is 172 Å². The molecular formula is C28H32. The molecule has 0 aliphatic carbocycles. The van der Waals surface area contributed by atoms with Gasteiger partial charge in [0.2, 0.25) is 0 Å². The number of hydrogen-bond donors (Lipinski definition) is 0. The highest BCUT2D eigenvalue weighted by molar-refractivity contribution is 5.42. The molecule has 0 heteroatoms. The van der Waals surface area contributed by atoms with E-state index in [4.69, 9.17) is 0 Å². The van der Waals surface area contributed by atoms with Crippen molar-refractivity contribution >= 4 is 0 Å². The molecule has 144 valence electrons. The molecule has 28 heavy (non-hydrogen) atoms. The highest BCUT2D eigenvalue weighted by Crippen LogP contribution is 2.09. The van der Waals surface area contributed by atoms with Gasteiger partial charge in [-0.25, -0.2) is 0 Å². The second-order valence-electron chi connectivity index (χ2n) is 7.18. The molecule has 0 saturated carbocycles. The first-order chi connectivity index (χ1) is 13.8. The van der Waals surface area contributed by atoms with Crippen LogP contribution in [0.3, 0.4) is 0 Å². The van der Waals surface area contributed by atoms with Gasteiger partial charge < -0.3 is 0 Å². The zero-order valence-electron chi connectivity index (χ0n) is 17.4. The fourth-order valence-electron chi connectivity index (χ4n) is 3.00. The molecule has 0 spiro atoms. The van der Waals surface area contributed by atoms with Gasteiger partial charge in [0.1, 0.15) is 0 Å². The van der Waals surface area contributed by atoms with E-state index in [0.29, 0.717) is 0 Å². The van der Waals surface area contributed by atoms with Gasteiger partial charge in [-0.15, -0.1) is 0 Å². The molecule has 0 atom stereocenters. The van der Waals surface area contributed by atoms with Crippen molar-refractivity contribution in [2.75, 3.05) is 0 Å². The van der Waals surface area contributed by atoms with E-state index >= 15 is 0 Å². The van der Waals surface area contributed by atoms with Crippen LogP contribution in [0.4, 0.5) is 0 Å². The number of allylic oxidation sites excluding steroid dienone is 2. The first kappa shape index (κ1) is 21.6. The van der Waals surface area contributed by atoms with Gasteiger partial charge in [0.15, 0.2) is 0 Å². The van der Waals surface area contributed by atoms with Crippen molar-refractivity contribution in [1.29, 1.82) is 0 Å². The van der Waals surface area contributed by atoms with Crippen LogP contribution in [0.15, 0.2) is 60.7 Å². The minimum absolute atomic E-state index is 1.05. The molecule has 2 rings (SSSR count). The quantitative estimate of drug-likeness (QED) is 0.344. The van der Waals surface area contributed by atoms with E-state index in [1.807, 2.05) is 12.2 Å². The van der Waals surface area contributed by atoms with E-state index in [2.05, 4.69) is 86.1 Å². The van der Waals surface area contributed by atoms with Gasteiger partial charge in [-0.1, -0.05) is 87.5 Å². The van der Waals surface area contributed by atoms with E-state index in [-0.39, 0.29) is 0 Å². The lowest BCUT2D eigenvalue weighted by Gasteiger charge is -2.00. The Morgan fingerprint density at radius 2 is 0.964 bits per heavy atom. The number of hydrogen-bond acceptors (Lipinski definition) is 0. The van der Waals surface area contributed by atoms with Crippen LogP contribution in [0, 0.1) is 23.7 Å². The van der Waals surface area contributed by atoms with Crippen molar-refractivity contribution in [3.63, 3.8) is 0 Å². The first-order valence-electron chi connectivity index (χ1n) is 10.7. The zero-order chi connectivity index (χ0) is 19.9. The number of aryl methyl sites for hydroxylation is 2. The molecule has 0 heterocycles. The molecule has 0 aromatic heterocycles. The third-order valence-corrected chi connectivity index (χ3v) is 4.73. The molecule has 0 bridgehead atoms. The summed E-state index contributed by atoms with van der Waals surface area (Å²) in [4.78, 5) is 0. The van der Waals surface area contributed by atoms with Gasteiger partial charge >= 0.3 is 0 Å². The Hall–Kier alpha value is -2.70. The summed E-state index contributed by atoms with van der Waals surface area (Å²) in [6.45, 7) is 4.48. The van der Waals surface area contributed by atoms with Crippen molar-refractivity contribution in [2.24, 2.45) is 0 Å². The SMILES string of the molecule is CCCCCc1ccc(C#CC=CC#Cc2ccc(CCCCC)cc2)cc1. The van der Waals surface area contributed by atoms with E-state index in [0.717, 1.165) is 24.0 Å². The standard InChI is InChI=1S/C28H32/c1-3-5-9-13-25-17-21-27(22-18-25)15-11-7-8-12-16-28-23-19-26(20-24-28)14-10-6-4-2/h7-8,17-24H,3-6,9-10,13-14H2,1-2H3. The summed E-state index contributed by atoms with van der Waals surface area (Å²) >= 11 is 0. The summed E-state index contributed by atoms with van der Waals surface area (Å²) in [5.41, 5.74) is 4.90. The van der Waals surface area contributed by atoms with E-state index in [9.17, 15) is 0 Å². The fraction of sp³-hybridized carbons (Fsp3) is 0.357. The molecule has 0 saturated heterocycles. The summed E-state index contributed by atoms with van der Waals surface area (Å²) < 4.78 is 0. The lowest BCUT2D eigenvalue weighted by molar-refractivity contribution is 0.717. The lowest BCUT2D eigenvalue weighted by atomic mass is 10.1. The van der Waals surface area contributed by atoms with Crippen molar-refractivity contribution in [3.05, 3.63) is 82.9 Å². The summed E-state index contributed by atoms with van der Waals surface area (Å²) in [7, 11) is 0. The van der Waals surface area contributed by atoms with Gasteiger partial charge in [-0.3, -0.25) is 0 Å². The highest BCUT2D eigenvalue weighted by atomic mass is 14.0. The Morgan fingerprint density at radius 1 is 0.571 bits per heavy atom. The molecule has 0 N–H and O–H groups in total. The van der Waals surface area contributed by atoms with Crippen LogP contribution in [0.1, 0.15) is 74.6 Å². The minimum Gasteiger partial charge on any atom is -0.0689 e. The van der Waals surface area contributed by atoms with Crippen molar-refractivity contribution in [2.45, 2.75) is 65.2 Å². The van der Waals surface area contributed by atoms with Crippen LogP contribution >= 0.6 is 0 Å². The fourth-order valence-corrected chi connectivity index (χ4v) is 3.00. The summed E-state index contributed by atoms with van der Waals surface area (Å²) in [6, 6.07) is 17.2. The van der Waals surface area contributed by atoms with Gasteiger partial charge in [0.25, 0.3) is 0 Å². The topological polar surface area (TPSA) is 0 Å². The number of benzene rings is 2. The maximum atomic E-state index is 3.17. The van der Waals surface area contributed by atoms with Crippen LogP contribution in [-0.2, 0) is 12.8 Å². The minimum atomic E-state index is 1.05. The normalized spacial score (nSPS) is 10.2. The molecule has 2 aromatic rings. The average Bonchev–Trinajstić information content (AvgIpc) is 2.73. The molecule has 0 unspecified atom stereocenters. The van der Waals surface area contributed by atoms with Crippen molar-refractivity contribution < 1.29 is 0 Å². The van der Waals surface area contributed by atoms with E-state index in [1.165, 1.54) is 49.7 Å². The average molecular weight is 369 g/mol. The number of unbranched alkanes of at least 4 members (excludes halogenated alkanes) is 4. The van der Waals surface area contributed by atoms with Gasteiger partial charge in [-0.2, -0.15) is 0 Å². The van der Waals surface area contributed by atoms with Crippen molar-refractivity contribution in [1.82, 2.24) is 0 Å². The molecule has 0 nitrogen and oxygen atoms in total. The summed E-state index contributed by atoms with van der Waals surface area (Å²) in [5.74, 6) is 12.5. The zero-order valence-corrected chi connectivity index (χ0v) is 17.4. The van der Waals surface area contributed by atoms with Gasteiger partial charge in [0, 0.05) is 11.1 Å². The Balaban J connectivity index is 1.80. The van der Waals surface area contributed by atoms with Crippen LogP contribution in [0.5, 0.6) is 0 Å². The Morgan fingerprint density at radius 3 is 1.32 bits per heavy atom. The lowest BCUT2D eigenvalue weighted by Crippen LogP contribution is -1.85. The molecule has 0 amide bonds. The van der Waals surface area contributed by atoms with E-state index in [1.54, 1.807) is 0 Å². The van der Waals surface area contributed by atoms with Crippen molar-refractivity contribution in [3.8, 4) is 23.7 Å². The highest BCUT2D eigenvalue weighted by Gasteiger charge is 1.94. The first-order valence-corrected chi connectivity index (χ1v) is 10.7. The smallest absolute Gasteiger partial charge is 0.0249 e. The maximum absolute atomic E-state index is 3.17. The predicted octanol–water partition coefficient (Wildman–Crippen LogP) is 7.11. The Bertz CT molecular complexity index is 754. The molecular weight excluding hydrogens is 336 g/mol. The second kappa shape index (κ2) is 13.5. The molecule has 0 radical (unpaired) electrons. The third-order valence-electron chi connectivity index (χ3n) is 4.73. The van der Waals surface area contributed by atoms with Crippen LogP contribution < -0.4 is 0 Å². The predicted molar refractivity (Wildman–Crippen MR) is 122 cm³/mol. The Kier molecular flexibility index (Phi) is 10.4. The van der Waals surface area contributed by atoms with Crippen LogP contribution in [0.25, 0.3) is 0 Å². The molecule has 0 aliphatic rings. The van der Waals surface area contributed by atoms with Gasteiger partial charge in [0.05, 0.1) is 0 Å². The molecule has 2 aromatic carbocycles. The molecule has 0 fully saturated rings.